The molecule has 1 aliphatic carbocycles. The van der Waals surface area contributed by atoms with E-state index >= 15 is 0 Å². The van der Waals surface area contributed by atoms with Crippen molar-refractivity contribution in [3.63, 3.8) is 0 Å². The van der Waals surface area contributed by atoms with E-state index in [9.17, 15) is 4.79 Å². The monoisotopic (exact) mass is 341 g/mol. The van der Waals surface area contributed by atoms with Gasteiger partial charge in [-0.05, 0) is 19.8 Å². The van der Waals surface area contributed by atoms with Crippen LogP contribution in [0, 0.1) is 6.92 Å². The average Bonchev–Trinajstić information content (AvgIpc) is 2.84. The highest BCUT2D eigenvalue weighted by Gasteiger charge is 2.21. The fourth-order valence-electron chi connectivity index (χ4n) is 3.46. The lowest BCUT2D eigenvalue weighted by atomic mass is 10.1. The van der Waals surface area contributed by atoms with Crippen LogP contribution in [0.2, 0.25) is 0 Å². The Morgan fingerprint density at radius 3 is 2.56 bits per heavy atom. The van der Waals surface area contributed by atoms with E-state index in [1.165, 1.54) is 38.5 Å². The zero-order valence-electron chi connectivity index (χ0n) is 14.9. The molecule has 0 unspecified atom stereocenters. The van der Waals surface area contributed by atoms with Gasteiger partial charge in [-0.1, -0.05) is 61.2 Å². The molecule has 1 aliphatic rings. The molecule has 5 heteroatoms. The summed E-state index contributed by atoms with van der Waals surface area (Å²) in [6, 6.07) is 10.3. The van der Waals surface area contributed by atoms with Gasteiger partial charge in [0.1, 0.15) is 17.0 Å². The van der Waals surface area contributed by atoms with Crippen LogP contribution in [0.15, 0.2) is 34.9 Å². The van der Waals surface area contributed by atoms with Gasteiger partial charge in [0.15, 0.2) is 0 Å². The summed E-state index contributed by atoms with van der Waals surface area (Å²) in [5, 5.41) is 10.6. The Balaban J connectivity index is 1.54. The van der Waals surface area contributed by atoms with E-state index in [-0.39, 0.29) is 5.91 Å². The van der Waals surface area contributed by atoms with Gasteiger partial charge in [0.05, 0.1) is 0 Å². The molecule has 0 radical (unpaired) electrons. The zero-order chi connectivity index (χ0) is 17.5. The number of hydrogen-bond donors (Lipinski definition) is 2. The van der Waals surface area contributed by atoms with Crippen molar-refractivity contribution in [1.29, 1.82) is 0 Å². The minimum absolute atomic E-state index is 0.125. The molecule has 5 nitrogen and oxygen atoms in total. The van der Waals surface area contributed by atoms with Crippen molar-refractivity contribution >= 4 is 5.91 Å². The molecule has 1 aromatic carbocycles. The first-order valence-corrected chi connectivity index (χ1v) is 9.29. The Morgan fingerprint density at radius 1 is 1.12 bits per heavy atom. The maximum absolute atomic E-state index is 12.6. The summed E-state index contributed by atoms with van der Waals surface area (Å²) in [7, 11) is 0. The van der Waals surface area contributed by atoms with E-state index in [1.807, 2.05) is 30.3 Å². The number of amides is 1. The number of rotatable bonds is 6. The molecule has 2 N–H and O–H groups in total. The molecule has 0 spiro atoms. The normalized spacial score (nSPS) is 15.7. The largest absolute Gasteiger partial charge is 0.360 e. The first kappa shape index (κ1) is 17.7. The van der Waals surface area contributed by atoms with E-state index in [4.69, 9.17) is 4.52 Å². The minimum atomic E-state index is -0.125. The lowest BCUT2D eigenvalue weighted by Gasteiger charge is -2.16. The maximum Gasteiger partial charge on any atom is 0.257 e. The van der Waals surface area contributed by atoms with Crippen LogP contribution >= 0.6 is 0 Å². The summed E-state index contributed by atoms with van der Waals surface area (Å²) in [4.78, 5) is 12.6. The van der Waals surface area contributed by atoms with Crippen LogP contribution in [-0.2, 0) is 0 Å². The van der Waals surface area contributed by atoms with Crippen LogP contribution in [0.4, 0.5) is 0 Å². The second-order valence-electron chi connectivity index (χ2n) is 6.73. The first-order chi connectivity index (χ1) is 12.3. The standard InChI is InChI=1S/C20H27N3O2/c1-15-18(19(23-25-15)16-9-5-4-6-10-16)20(24)22-14-13-21-17-11-7-2-3-8-12-17/h4-6,9-10,17,21H,2-3,7-8,11-14H2,1H3,(H,22,24). The Kier molecular flexibility index (Phi) is 6.23. The first-order valence-electron chi connectivity index (χ1n) is 9.29. The highest BCUT2D eigenvalue weighted by Crippen LogP contribution is 2.24. The van der Waals surface area contributed by atoms with Gasteiger partial charge in [-0.25, -0.2) is 0 Å². The Hall–Kier alpha value is -2.14. The summed E-state index contributed by atoms with van der Waals surface area (Å²) in [6.07, 6.45) is 7.82. The summed E-state index contributed by atoms with van der Waals surface area (Å²) in [6.45, 7) is 3.17. The molecule has 25 heavy (non-hydrogen) atoms. The smallest absolute Gasteiger partial charge is 0.257 e. The number of carbonyl (C=O) groups is 1. The Morgan fingerprint density at radius 2 is 1.84 bits per heavy atom. The quantitative estimate of drug-likeness (QED) is 0.621. The van der Waals surface area contributed by atoms with Crippen LogP contribution in [-0.4, -0.2) is 30.2 Å². The highest BCUT2D eigenvalue weighted by atomic mass is 16.5. The Bertz CT molecular complexity index is 674. The topological polar surface area (TPSA) is 67.2 Å². The number of hydrogen-bond acceptors (Lipinski definition) is 4. The van der Waals surface area contributed by atoms with Crippen LogP contribution in [0.25, 0.3) is 11.3 Å². The molecule has 1 amide bonds. The second-order valence-corrected chi connectivity index (χ2v) is 6.73. The van der Waals surface area contributed by atoms with Crippen molar-refractivity contribution in [3.8, 4) is 11.3 Å². The zero-order valence-corrected chi connectivity index (χ0v) is 14.9. The highest BCUT2D eigenvalue weighted by molar-refractivity contribution is 6.00. The van der Waals surface area contributed by atoms with Gasteiger partial charge in [-0.2, -0.15) is 0 Å². The fraction of sp³-hybridized carbons (Fsp3) is 0.500. The van der Waals surface area contributed by atoms with Gasteiger partial charge in [-0.3, -0.25) is 4.79 Å². The molecule has 0 atom stereocenters. The summed E-state index contributed by atoms with van der Waals surface area (Å²) in [5.74, 6) is 0.424. The van der Waals surface area contributed by atoms with Gasteiger partial charge in [0.2, 0.25) is 0 Å². The van der Waals surface area contributed by atoms with E-state index in [0.717, 1.165) is 12.1 Å². The van der Waals surface area contributed by atoms with Gasteiger partial charge >= 0.3 is 0 Å². The molecule has 0 aliphatic heterocycles. The van der Waals surface area contributed by atoms with Crippen molar-refractivity contribution in [3.05, 3.63) is 41.7 Å². The molecule has 1 fully saturated rings. The van der Waals surface area contributed by atoms with Gasteiger partial charge in [-0.15, -0.1) is 0 Å². The number of carbonyl (C=O) groups excluding carboxylic acids is 1. The SMILES string of the molecule is Cc1onc(-c2ccccc2)c1C(=O)NCCNC1CCCCCC1. The number of aromatic nitrogens is 1. The number of nitrogens with one attached hydrogen (secondary N) is 2. The van der Waals surface area contributed by atoms with Crippen LogP contribution in [0.5, 0.6) is 0 Å². The molecular weight excluding hydrogens is 314 g/mol. The molecule has 0 bridgehead atoms. The predicted octanol–water partition coefficient (Wildman–Crippen LogP) is 3.69. The number of benzene rings is 1. The summed E-state index contributed by atoms with van der Waals surface area (Å²) in [5.41, 5.74) is 2.02. The molecule has 134 valence electrons. The molecule has 0 saturated heterocycles. The van der Waals surface area contributed by atoms with Crippen LogP contribution < -0.4 is 10.6 Å². The van der Waals surface area contributed by atoms with E-state index in [2.05, 4.69) is 15.8 Å². The average molecular weight is 341 g/mol. The van der Waals surface area contributed by atoms with Crippen molar-refractivity contribution in [1.82, 2.24) is 15.8 Å². The van der Waals surface area contributed by atoms with Crippen molar-refractivity contribution in [2.75, 3.05) is 13.1 Å². The summed E-state index contributed by atoms with van der Waals surface area (Å²) < 4.78 is 5.26. The lowest BCUT2D eigenvalue weighted by molar-refractivity contribution is 0.0952. The van der Waals surface area contributed by atoms with Crippen molar-refractivity contribution in [2.45, 2.75) is 51.5 Å². The fourth-order valence-corrected chi connectivity index (χ4v) is 3.46. The Labute approximate surface area is 149 Å². The van der Waals surface area contributed by atoms with E-state index in [1.54, 1.807) is 6.92 Å². The minimum Gasteiger partial charge on any atom is -0.360 e. The number of aryl methyl sites for hydroxylation is 1. The third-order valence-electron chi connectivity index (χ3n) is 4.84. The predicted molar refractivity (Wildman–Crippen MR) is 98.5 cm³/mol. The molecule has 3 rings (SSSR count). The van der Waals surface area contributed by atoms with Gasteiger partial charge in [0, 0.05) is 24.7 Å². The van der Waals surface area contributed by atoms with Gasteiger partial charge in [0.25, 0.3) is 5.91 Å². The van der Waals surface area contributed by atoms with Crippen molar-refractivity contribution in [2.24, 2.45) is 0 Å². The molecule has 1 saturated carbocycles. The van der Waals surface area contributed by atoms with Crippen LogP contribution in [0.3, 0.4) is 0 Å². The van der Waals surface area contributed by atoms with E-state index < -0.39 is 0 Å². The third kappa shape index (κ3) is 4.69. The van der Waals surface area contributed by atoms with Gasteiger partial charge < -0.3 is 15.2 Å². The van der Waals surface area contributed by atoms with Crippen LogP contribution in [0.1, 0.15) is 54.6 Å². The number of nitrogens with zero attached hydrogens (tertiary/aromatic N) is 1. The third-order valence-corrected chi connectivity index (χ3v) is 4.84. The maximum atomic E-state index is 12.6. The lowest BCUT2D eigenvalue weighted by Crippen LogP contribution is -2.37. The molecule has 1 heterocycles. The molecule has 2 aromatic rings. The summed E-state index contributed by atoms with van der Waals surface area (Å²) >= 11 is 0. The molecule has 1 aromatic heterocycles. The molecular formula is C20H27N3O2. The van der Waals surface area contributed by atoms with Crippen molar-refractivity contribution < 1.29 is 9.32 Å². The second kappa shape index (κ2) is 8.81. The van der Waals surface area contributed by atoms with E-state index in [0.29, 0.717) is 29.6 Å².